The Kier molecular flexibility index (Phi) is 5.01. The number of carbonyl (C=O) groups is 1. The number of nitrogens with zero attached hydrogens (tertiary/aromatic N) is 1. The summed E-state index contributed by atoms with van der Waals surface area (Å²) in [5.74, 6) is 1.46. The zero-order valence-corrected chi connectivity index (χ0v) is 17.2. The van der Waals surface area contributed by atoms with Crippen molar-refractivity contribution in [1.29, 1.82) is 0 Å². The third-order valence-electron chi connectivity index (χ3n) is 7.20. The second kappa shape index (κ2) is 7.08. The largest absolute Gasteiger partial charge is 0.483 e. The summed E-state index contributed by atoms with van der Waals surface area (Å²) in [6.07, 6.45) is 3.14. The lowest BCUT2D eigenvalue weighted by atomic mass is 9.51. The summed E-state index contributed by atoms with van der Waals surface area (Å²) in [7, 11) is 2.22. The normalized spacial score (nSPS) is 34.7. The van der Waals surface area contributed by atoms with Crippen LogP contribution in [0.15, 0.2) is 12.1 Å². The molecular formula is C21H28ClNO5. The lowest BCUT2D eigenvalue weighted by Gasteiger charge is -2.58. The number of esters is 1. The van der Waals surface area contributed by atoms with E-state index in [9.17, 15) is 9.90 Å². The Morgan fingerprint density at radius 2 is 2.21 bits per heavy atom. The summed E-state index contributed by atoms with van der Waals surface area (Å²) < 4.78 is 17.2. The quantitative estimate of drug-likeness (QED) is 0.768. The van der Waals surface area contributed by atoms with Gasteiger partial charge in [0.15, 0.2) is 18.1 Å². The third kappa shape index (κ3) is 2.57. The number of carbonyl (C=O) groups excluding carboxylic acids is 1. The maximum atomic E-state index is 11.7. The standard InChI is InChI=1S/C21H27NO5.ClH/c1-3-25-17(24)11-26-16-7-4-12-10-14-13-5-6-15(23)20-21(13,8-9-22(14)2)18(12)19(16)27-20;/h4,7,13-15,20,23H,3,5-6,8-11H2,1-2H3;1H/t13-,14+,15-,20-,21-;/m0./s1. The molecule has 1 saturated heterocycles. The van der Waals surface area contributed by atoms with Crippen LogP contribution in [0.4, 0.5) is 0 Å². The zero-order chi connectivity index (χ0) is 18.8. The van der Waals surface area contributed by atoms with Crippen LogP contribution in [0.1, 0.15) is 37.3 Å². The SMILES string of the molecule is CCOC(=O)COc1ccc2c3c1O[C@H]1[C@@H](O)CC[C@H]4[C@@H](C2)N(C)CC[C@@]341.Cl. The van der Waals surface area contributed by atoms with Gasteiger partial charge in [0.25, 0.3) is 0 Å². The first-order chi connectivity index (χ1) is 13.1. The van der Waals surface area contributed by atoms with Crippen LogP contribution in [0, 0.1) is 5.92 Å². The fourth-order valence-electron chi connectivity index (χ4n) is 6.15. The number of ether oxygens (including phenoxy) is 3. The maximum Gasteiger partial charge on any atom is 0.344 e. The van der Waals surface area contributed by atoms with Gasteiger partial charge in [-0.1, -0.05) is 6.07 Å². The van der Waals surface area contributed by atoms with Gasteiger partial charge in [-0.05, 0) is 63.7 Å². The van der Waals surface area contributed by atoms with Crippen LogP contribution < -0.4 is 9.47 Å². The van der Waals surface area contributed by atoms with Gasteiger partial charge in [0.05, 0.1) is 12.7 Å². The minimum absolute atomic E-state index is 0. The summed E-state index contributed by atoms with van der Waals surface area (Å²) in [5, 5.41) is 10.8. The fourth-order valence-corrected chi connectivity index (χ4v) is 6.15. The monoisotopic (exact) mass is 409 g/mol. The van der Waals surface area contributed by atoms with E-state index in [-0.39, 0.29) is 36.5 Å². The summed E-state index contributed by atoms with van der Waals surface area (Å²) in [4.78, 5) is 14.2. The van der Waals surface area contributed by atoms with Crippen molar-refractivity contribution in [3.05, 3.63) is 23.3 Å². The molecule has 1 N–H and O–H groups in total. The number of aliphatic hydroxyl groups is 1. The van der Waals surface area contributed by atoms with Crippen LogP contribution in [0.3, 0.4) is 0 Å². The first-order valence-corrected chi connectivity index (χ1v) is 10.1. The van der Waals surface area contributed by atoms with E-state index in [2.05, 4.69) is 18.0 Å². The molecule has 6 nitrogen and oxygen atoms in total. The van der Waals surface area contributed by atoms with Crippen molar-refractivity contribution < 1.29 is 24.1 Å². The second-order valence-corrected chi connectivity index (χ2v) is 8.35. The number of aliphatic hydroxyl groups excluding tert-OH is 1. The van der Waals surface area contributed by atoms with E-state index in [4.69, 9.17) is 14.2 Å². The van der Waals surface area contributed by atoms with Gasteiger partial charge in [0.2, 0.25) is 0 Å². The van der Waals surface area contributed by atoms with E-state index in [1.165, 1.54) is 11.1 Å². The van der Waals surface area contributed by atoms with Crippen LogP contribution in [-0.2, 0) is 21.4 Å². The fraction of sp³-hybridized carbons (Fsp3) is 0.667. The van der Waals surface area contributed by atoms with Crippen LogP contribution in [-0.4, -0.2) is 61.0 Å². The van der Waals surface area contributed by atoms with Gasteiger partial charge in [0, 0.05) is 17.0 Å². The van der Waals surface area contributed by atoms with Crippen LogP contribution in [0.5, 0.6) is 11.5 Å². The summed E-state index contributed by atoms with van der Waals surface area (Å²) in [6, 6.07) is 4.53. The Labute approximate surface area is 171 Å². The lowest BCUT2D eigenvalue weighted by molar-refractivity contribution is -0.145. The van der Waals surface area contributed by atoms with Gasteiger partial charge in [-0.2, -0.15) is 0 Å². The first kappa shape index (κ1) is 19.8. The highest BCUT2D eigenvalue weighted by molar-refractivity contribution is 5.85. The molecule has 1 saturated carbocycles. The molecule has 7 heteroatoms. The van der Waals surface area contributed by atoms with Crippen molar-refractivity contribution in [2.45, 2.75) is 56.3 Å². The minimum Gasteiger partial charge on any atom is -0.483 e. The van der Waals surface area contributed by atoms with E-state index in [0.717, 1.165) is 38.0 Å². The predicted molar refractivity (Wildman–Crippen MR) is 105 cm³/mol. The summed E-state index contributed by atoms with van der Waals surface area (Å²) >= 11 is 0. The molecule has 2 bridgehead atoms. The molecule has 4 aliphatic rings. The van der Waals surface area contributed by atoms with Crippen LogP contribution >= 0.6 is 12.4 Å². The van der Waals surface area contributed by atoms with E-state index >= 15 is 0 Å². The smallest absolute Gasteiger partial charge is 0.344 e. The molecule has 1 aromatic carbocycles. The molecule has 5 rings (SSSR count). The number of benzene rings is 1. The minimum atomic E-state index is -0.457. The Bertz CT molecular complexity index is 786. The average Bonchev–Trinajstić information content (AvgIpc) is 3.01. The molecule has 2 heterocycles. The molecule has 0 amide bonds. The molecule has 2 fully saturated rings. The Hall–Kier alpha value is -1.50. The van der Waals surface area contributed by atoms with Crippen molar-refractivity contribution in [3.63, 3.8) is 0 Å². The van der Waals surface area contributed by atoms with Crippen molar-refractivity contribution in [2.24, 2.45) is 5.92 Å². The van der Waals surface area contributed by atoms with E-state index < -0.39 is 6.10 Å². The van der Waals surface area contributed by atoms with Crippen molar-refractivity contribution >= 4 is 18.4 Å². The van der Waals surface area contributed by atoms with E-state index in [1.54, 1.807) is 6.92 Å². The number of likely N-dealkylation sites (tertiary alicyclic amines) is 1. The zero-order valence-electron chi connectivity index (χ0n) is 16.3. The highest BCUT2D eigenvalue weighted by Crippen LogP contribution is 2.63. The molecule has 5 atom stereocenters. The highest BCUT2D eigenvalue weighted by Gasteiger charge is 2.65. The molecule has 1 aromatic rings. The lowest BCUT2D eigenvalue weighted by Crippen LogP contribution is -2.66. The highest BCUT2D eigenvalue weighted by atomic mass is 35.5. The number of hydrogen-bond donors (Lipinski definition) is 1. The molecule has 1 spiro atoms. The summed E-state index contributed by atoms with van der Waals surface area (Å²) in [6.45, 7) is 3.00. The van der Waals surface area contributed by atoms with Crippen molar-refractivity contribution in [2.75, 3.05) is 26.8 Å². The van der Waals surface area contributed by atoms with Crippen LogP contribution in [0.2, 0.25) is 0 Å². The Morgan fingerprint density at radius 1 is 1.39 bits per heavy atom. The molecular weight excluding hydrogens is 382 g/mol. The molecule has 28 heavy (non-hydrogen) atoms. The number of rotatable bonds is 4. The number of piperidine rings is 1. The third-order valence-corrected chi connectivity index (χ3v) is 7.20. The number of hydrogen-bond acceptors (Lipinski definition) is 6. The van der Waals surface area contributed by atoms with Gasteiger partial charge in [-0.25, -0.2) is 4.79 Å². The molecule has 2 aliphatic heterocycles. The van der Waals surface area contributed by atoms with Gasteiger partial charge < -0.3 is 24.2 Å². The van der Waals surface area contributed by atoms with Crippen molar-refractivity contribution in [1.82, 2.24) is 4.90 Å². The number of likely N-dealkylation sites (N-methyl/N-ethyl adjacent to an activating group) is 1. The average molecular weight is 410 g/mol. The van der Waals surface area contributed by atoms with Gasteiger partial charge in [0.1, 0.15) is 6.10 Å². The van der Waals surface area contributed by atoms with Gasteiger partial charge >= 0.3 is 5.97 Å². The van der Waals surface area contributed by atoms with E-state index in [1.807, 2.05) is 6.07 Å². The molecule has 0 unspecified atom stereocenters. The number of halogens is 1. The van der Waals surface area contributed by atoms with Gasteiger partial charge in [-0.3, -0.25) is 0 Å². The first-order valence-electron chi connectivity index (χ1n) is 10.1. The maximum absolute atomic E-state index is 11.7. The van der Waals surface area contributed by atoms with Crippen LogP contribution in [0.25, 0.3) is 0 Å². The van der Waals surface area contributed by atoms with Crippen molar-refractivity contribution in [3.8, 4) is 11.5 Å². The molecule has 0 aromatic heterocycles. The topological polar surface area (TPSA) is 68.2 Å². The van der Waals surface area contributed by atoms with Gasteiger partial charge in [-0.15, -0.1) is 12.4 Å². The second-order valence-electron chi connectivity index (χ2n) is 8.35. The van der Waals surface area contributed by atoms with E-state index in [0.29, 0.717) is 24.3 Å². The molecule has 2 aliphatic carbocycles. The molecule has 0 radical (unpaired) electrons. The summed E-state index contributed by atoms with van der Waals surface area (Å²) in [5.41, 5.74) is 2.42. The Balaban J connectivity index is 0.00000192. The molecule has 154 valence electrons. The predicted octanol–water partition coefficient (Wildman–Crippen LogP) is 2.08. The Morgan fingerprint density at radius 3 is 3.00 bits per heavy atom.